The summed E-state index contributed by atoms with van der Waals surface area (Å²) in [6, 6.07) is 10.8. The summed E-state index contributed by atoms with van der Waals surface area (Å²) in [6.07, 6.45) is 0. The standard InChI is InChI=1S/C17H14FNO4S2/c1-10-7-8-11(9-13(10)18)19-25(21,22)16-12-5-3-4-6-14(12)24-15(16)17(20)23-2/h3-9,19H,1-2H3. The number of fused-ring (bicyclic) bond motifs is 1. The van der Waals surface area contributed by atoms with Crippen LogP contribution < -0.4 is 4.72 Å². The Bertz CT molecular complexity index is 1070. The molecule has 1 aromatic heterocycles. The molecule has 25 heavy (non-hydrogen) atoms. The molecule has 0 bridgehead atoms. The number of aryl methyl sites for hydroxylation is 1. The number of esters is 1. The summed E-state index contributed by atoms with van der Waals surface area (Å²) in [6.45, 7) is 1.58. The second-order valence-electron chi connectivity index (χ2n) is 5.32. The first-order valence-electron chi connectivity index (χ1n) is 7.22. The van der Waals surface area contributed by atoms with Gasteiger partial charge in [0.1, 0.15) is 15.6 Å². The van der Waals surface area contributed by atoms with Crippen molar-refractivity contribution in [3.63, 3.8) is 0 Å². The molecule has 0 amide bonds. The predicted octanol–water partition coefficient (Wildman–Crippen LogP) is 3.94. The molecule has 3 rings (SSSR count). The fourth-order valence-corrected chi connectivity index (χ4v) is 5.25. The Morgan fingerprint density at radius 2 is 1.92 bits per heavy atom. The smallest absolute Gasteiger partial charge is 0.349 e. The van der Waals surface area contributed by atoms with E-state index >= 15 is 0 Å². The molecule has 0 unspecified atom stereocenters. The number of carbonyl (C=O) groups excluding carboxylic acids is 1. The first-order chi connectivity index (χ1) is 11.8. The highest BCUT2D eigenvalue weighted by atomic mass is 32.2. The van der Waals surface area contributed by atoms with Crippen LogP contribution in [0, 0.1) is 12.7 Å². The molecule has 0 spiro atoms. The van der Waals surface area contributed by atoms with Crippen LogP contribution in [0.4, 0.5) is 10.1 Å². The summed E-state index contributed by atoms with van der Waals surface area (Å²) >= 11 is 1.03. The minimum absolute atomic E-state index is 0.0243. The molecule has 0 aliphatic carbocycles. The lowest BCUT2D eigenvalue weighted by atomic mass is 10.2. The van der Waals surface area contributed by atoms with Crippen LogP contribution >= 0.6 is 11.3 Å². The lowest BCUT2D eigenvalue weighted by Gasteiger charge is -2.10. The zero-order valence-electron chi connectivity index (χ0n) is 13.4. The number of benzene rings is 2. The molecular formula is C17H14FNO4S2. The van der Waals surface area contributed by atoms with Crippen LogP contribution in [-0.4, -0.2) is 21.5 Å². The highest BCUT2D eigenvalue weighted by molar-refractivity contribution is 7.93. The van der Waals surface area contributed by atoms with E-state index in [4.69, 9.17) is 4.74 Å². The maximum absolute atomic E-state index is 13.7. The number of hydrogen-bond acceptors (Lipinski definition) is 5. The van der Waals surface area contributed by atoms with Gasteiger partial charge in [-0.3, -0.25) is 4.72 Å². The third-order valence-corrected chi connectivity index (χ3v) is 6.36. The van der Waals surface area contributed by atoms with Crippen LogP contribution in [0.15, 0.2) is 47.4 Å². The van der Waals surface area contributed by atoms with E-state index in [1.807, 2.05) is 0 Å². The zero-order valence-corrected chi connectivity index (χ0v) is 15.0. The Labute approximate surface area is 148 Å². The molecular weight excluding hydrogens is 365 g/mol. The van der Waals surface area contributed by atoms with E-state index in [-0.39, 0.29) is 15.5 Å². The van der Waals surface area contributed by atoms with Crippen molar-refractivity contribution in [3.8, 4) is 0 Å². The topological polar surface area (TPSA) is 72.5 Å². The van der Waals surface area contributed by atoms with Crippen molar-refractivity contribution < 1.29 is 22.3 Å². The number of methoxy groups -OCH3 is 1. The molecule has 0 saturated heterocycles. The van der Waals surface area contributed by atoms with Crippen molar-refractivity contribution in [2.24, 2.45) is 0 Å². The number of carbonyl (C=O) groups is 1. The maximum atomic E-state index is 13.7. The van der Waals surface area contributed by atoms with E-state index in [0.717, 1.165) is 17.4 Å². The van der Waals surface area contributed by atoms with E-state index in [1.54, 1.807) is 31.2 Å². The quantitative estimate of drug-likeness (QED) is 0.697. The van der Waals surface area contributed by atoms with Crippen LogP contribution in [0.3, 0.4) is 0 Å². The van der Waals surface area contributed by atoms with E-state index in [2.05, 4.69) is 4.72 Å². The first-order valence-corrected chi connectivity index (χ1v) is 9.52. The zero-order chi connectivity index (χ0) is 18.2. The van der Waals surface area contributed by atoms with Gasteiger partial charge in [-0.05, 0) is 30.7 Å². The molecule has 0 aliphatic rings. The highest BCUT2D eigenvalue weighted by Crippen LogP contribution is 2.36. The molecule has 0 aliphatic heterocycles. The molecule has 8 heteroatoms. The van der Waals surface area contributed by atoms with Crippen molar-refractivity contribution in [3.05, 3.63) is 58.7 Å². The maximum Gasteiger partial charge on any atom is 0.349 e. The monoisotopic (exact) mass is 379 g/mol. The molecule has 0 fully saturated rings. The molecule has 2 aromatic carbocycles. The molecule has 5 nitrogen and oxygen atoms in total. The van der Waals surface area contributed by atoms with Crippen LogP contribution in [0.5, 0.6) is 0 Å². The third kappa shape index (κ3) is 3.22. The second-order valence-corrected chi connectivity index (χ2v) is 7.99. The van der Waals surface area contributed by atoms with Gasteiger partial charge >= 0.3 is 5.97 Å². The summed E-state index contributed by atoms with van der Waals surface area (Å²) in [4.78, 5) is 11.8. The average molecular weight is 379 g/mol. The van der Waals surface area contributed by atoms with Crippen LogP contribution in [0.1, 0.15) is 15.2 Å². The molecule has 3 aromatic rings. The van der Waals surface area contributed by atoms with Gasteiger partial charge in [0.25, 0.3) is 10.0 Å². The van der Waals surface area contributed by atoms with Gasteiger partial charge in [-0.2, -0.15) is 0 Å². The van der Waals surface area contributed by atoms with Crippen LogP contribution in [-0.2, 0) is 14.8 Å². The summed E-state index contributed by atoms with van der Waals surface area (Å²) in [5.74, 6) is -1.26. The van der Waals surface area contributed by atoms with Gasteiger partial charge in [0.15, 0.2) is 0 Å². The van der Waals surface area contributed by atoms with E-state index in [1.165, 1.54) is 19.2 Å². The summed E-state index contributed by atoms with van der Waals surface area (Å²) < 4.78 is 47.1. The Kier molecular flexibility index (Phi) is 4.49. The number of rotatable bonds is 4. The minimum Gasteiger partial charge on any atom is -0.465 e. The predicted molar refractivity (Wildman–Crippen MR) is 95.1 cm³/mol. The number of ether oxygens (including phenoxy) is 1. The van der Waals surface area contributed by atoms with Crippen LogP contribution in [0.25, 0.3) is 10.1 Å². The van der Waals surface area contributed by atoms with Crippen molar-refractivity contribution in [2.75, 3.05) is 11.8 Å². The van der Waals surface area contributed by atoms with Gasteiger partial charge in [-0.15, -0.1) is 11.3 Å². The molecule has 1 heterocycles. The lowest BCUT2D eigenvalue weighted by Crippen LogP contribution is -2.16. The largest absolute Gasteiger partial charge is 0.465 e. The third-order valence-electron chi connectivity index (χ3n) is 3.61. The molecule has 130 valence electrons. The Hall–Kier alpha value is -2.45. The number of sulfonamides is 1. The number of nitrogens with one attached hydrogen (secondary N) is 1. The van der Waals surface area contributed by atoms with E-state index < -0.39 is 21.8 Å². The molecule has 0 saturated carbocycles. The Morgan fingerprint density at radius 3 is 2.60 bits per heavy atom. The van der Waals surface area contributed by atoms with Gasteiger partial charge in [0.2, 0.25) is 0 Å². The molecule has 1 N–H and O–H groups in total. The number of anilines is 1. The summed E-state index contributed by atoms with van der Waals surface area (Å²) in [5.41, 5.74) is 0.480. The van der Waals surface area contributed by atoms with Crippen molar-refractivity contribution in [1.29, 1.82) is 0 Å². The summed E-state index contributed by atoms with van der Waals surface area (Å²) in [5, 5.41) is 0.410. The fraction of sp³-hybridized carbons (Fsp3) is 0.118. The van der Waals surface area contributed by atoms with Crippen molar-refractivity contribution >= 4 is 43.1 Å². The first kappa shape index (κ1) is 17.4. The molecule has 0 radical (unpaired) electrons. The van der Waals surface area contributed by atoms with Gasteiger partial charge < -0.3 is 4.74 Å². The SMILES string of the molecule is COC(=O)c1sc2ccccc2c1S(=O)(=O)Nc1ccc(C)c(F)c1. The Morgan fingerprint density at radius 1 is 1.20 bits per heavy atom. The van der Waals surface area contributed by atoms with Crippen molar-refractivity contribution in [1.82, 2.24) is 0 Å². The van der Waals surface area contributed by atoms with E-state index in [9.17, 15) is 17.6 Å². The minimum atomic E-state index is -4.12. The number of hydrogen-bond donors (Lipinski definition) is 1. The van der Waals surface area contributed by atoms with Gasteiger partial charge in [-0.25, -0.2) is 17.6 Å². The average Bonchev–Trinajstić information content (AvgIpc) is 2.97. The van der Waals surface area contributed by atoms with Gasteiger partial charge in [-0.1, -0.05) is 24.3 Å². The number of thiophene rings is 1. The van der Waals surface area contributed by atoms with E-state index in [0.29, 0.717) is 15.6 Å². The van der Waals surface area contributed by atoms with Gasteiger partial charge in [0.05, 0.1) is 12.8 Å². The summed E-state index contributed by atoms with van der Waals surface area (Å²) in [7, 11) is -2.93. The highest BCUT2D eigenvalue weighted by Gasteiger charge is 2.29. The fourth-order valence-electron chi connectivity index (χ4n) is 2.38. The van der Waals surface area contributed by atoms with Crippen LogP contribution in [0.2, 0.25) is 0 Å². The number of halogens is 1. The van der Waals surface area contributed by atoms with Gasteiger partial charge in [0, 0.05) is 10.1 Å². The normalized spacial score (nSPS) is 11.5. The Balaban J connectivity index is 2.15. The molecule has 0 atom stereocenters. The lowest BCUT2D eigenvalue weighted by molar-refractivity contribution is 0.0602. The van der Waals surface area contributed by atoms with Crippen molar-refractivity contribution in [2.45, 2.75) is 11.8 Å². The second kappa shape index (κ2) is 6.45.